The third-order valence-electron chi connectivity index (χ3n) is 5.50. The highest BCUT2D eigenvalue weighted by atomic mass is 35.5. The number of hydrogen-bond donors (Lipinski definition) is 0. The van der Waals surface area contributed by atoms with Crippen molar-refractivity contribution >= 4 is 32.8 Å². The van der Waals surface area contributed by atoms with Gasteiger partial charge in [0.1, 0.15) is 22.0 Å². The van der Waals surface area contributed by atoms with Crippen molar-refractivity contribution in [3.05, 3.63) is 47.4 Å². The van der Waals surface area contributed by atoms with Gasteiger partial charge >= 0.3 is 0 Å². The molecule has 4 rings (SSSR count). The van der Waals surface area contributed by atoms with Crippen molar-refractivity contribution in [2.75, 3.05) is 20.2 Å². The van der Waals surface area contributed by atoms with Crippen LogP contribution >= 0.6 is 11.6 Å². The predicted molar refractivity (Wildman–Crippen MR) is 116 cm³/mol. The number of halogens is 1. The molecule has 2 aromatic heterocycles. The molecular formula is C21H25ClN4O3S. The first kappa shape index (κ1) is 21.1. The van der Waals surface area contributed by atoms with Crippen LogP contribution in [0.25, 0.3) is 11.2 Å². The minimum atomic E-state index is -3.70. The fourth-order valence-corrected chi connectivity index (χ4v) is 6.04. The molecule has 1 aromatic carbocycles. The van der Waals surface area contributed by atoms with Crippen molar-refractivity contribution < 1.29 is 13.2 Å². The molecule has 1 fully saturated rings. The molecule has 3 heterocycles. The average molecular weight is 449 g/mol. The summed E-state index contributed by atoms with van der Waals surface area (Å²) in [5.74, 6) is 1.43. The molecule has 0 N–H and O–H groups in total. The quantitative estimate of drug-likeness (QED) is 0.571. The second kappa shape index (κ2) is 8.17. The van der Waals surface area contributed by atoms with Crippen LogP contribution in [0.5, 0.6) is 5.75 Å². The molecule has 0 saturated carbocycles. The smallest absolute Gasteiger partial charge is 0.246 e. The molecule has 0 spiro atoms. The summed E-state index contributed by atoms with van der Waals surface area (Å²) in [5.41, 5.74) is 1.74. The number of pyridine rings is 1. The molecule has 160 valence electrons. The van der Waals surface area contributed by atoms with Crippen molar-refractivity contribution in [3.63, 3.8) is 0 Å². The molecule has 1 atom stereocenters. The Bertz CT molecular complexity index is 1180. The number of hydrogen-bond acceptors (Lipinski definition) is 5. The zero-order chi connectivity index (χ0) is 21.5. The van der Waals surface area contributed by atoms with E-state index >= 15 is 0 Å². The van der Waals surface area contributed by atoms with Gasteiger partial charge in [0.05, 0.1) is 7.11 Å². The standard InChI is InChI=1S/C21H25ClN4O3S/c1-14(2)26-20(24-17-5-4-9-23-21(17)26)11-15-8-10-25(13-15)30(27,28)19-12-16(22)6-7-18(19)29-3/h4-7,9,12,14-15H,8,10-11,13H2,1-3H3. The molecule has 3 aromatic rings. The van der Waals surface area contributed by atoms with Gasteiger partial charge in [0, 0.05) is 36.8 Å². The summed E-state index contributed by atoms with van der Waals surface area (Å²) in [6.07, 6.45) is 3.25. The van der Waals surface area contributed by atoms with Crippen LogP contribution in [0.3, 0.4) is 0 Å². The van der Waals surface area contributed by atoms with Crippen molar-refractivity contribution in [1.29, 1.82) is 0 Å². The number of fused-ring (bicyclic) bond motifs is 1. The highest BCUT2D eigenvalue weighted by Gasteiger charge is 2.35. The van der Waals surface area contributed by atoms with E-state index in [1.54, 1.807) is 18.3 Å². The molecular weight excluding hydrogens is 424 g/mol. The topological polar surface area (TPSA) is 77.3 Å². The van der Waals surface area contributed by atoms with Gasteiger partial charge in [0.25, 0.3) is 0 Å². The van der Waals surface area contributed by atoms with Gasteiger partial charge in [-0.3, -0.25) is 0 Å². The van der Waals surface area contributed by atoms with E-state index in [1.807, 2.05) is 12.1 Å². The number of nitrogens with zero attached hydrogens (tertiary/aromatic N) is 4. The zero-order valence-electron chi connectivity index (χ0n) is 17.2. The van der Waals surface area contributed by atoms with E-state index in [4.69, 9.17) is 21.3 Å². The van der Waals surface area contributed by atoms with Gasteiger partial charge in [-0.15, -0.1) is 0 Å². The van der Waals surface area contributed by atoms with Crippen molar-refractivity contribution in [1.82, 2.24) is 18.8 Å². The van der Waals surface area contributed by atoms with Crippen LogP contribution in [-0.2, 0) is 16.4 Å². The normalized spacial score (nSPS) is 17.8. The highest BCUT2D eigenvalue weighted by Crippen LogP contribution is 2.33. The van der Waals surface area contributed by atoms with Crippen LogP contribution in [0.2, 0.25) is 5.02 Å². The van der Waals surface area contributed by atoms with E-state index < -0.39 is 10.0 Å². The second-order valence-electron chi connectivity index (χ2n) is 7.85. The fourth-order valence-electron chi connectivity index (χ4n) is 4.09. The molecule has 7 nitrogen and oxygen atoms in total. The average Bonchev–Trinajstić information content (AvgIpc) is 3.32. The summed E-state index contributed by atoms with van der Waals surface area (Å²) in [4.78, 5) is 9.37. The minimum absolute atomic E-state index is 0.108. The molecule has 0 radical (unpaired) electrons. The molecule has 9 heteroatoms. The summed E-state index contributed by atoms with van der Waals surface area (Å²) in [5, 5.41) is 0.364. The van der Waals surface area contributed by atoms with Gasteiger partial charge in [-0.2, -0.15) is 4.31 Å². The Labute approximate surface area is 181 Å². The molecule has 0 amide bonds. The van der Waals surface area contributed by atoms with Crippen LogP contribution < -0.4 is 4.74 Å². The van der Waals surface area contributed by atoms with Gasteiger partial charge in [-0.1, -0.05) is 11.6 Å². The Balaban J connectivity index is 1.58. The molecule has 30 heavy (non-hydrogen) atoms. The van der Waals surface area contributed by atoms with E-state index in [2.05, 4.69) is 23.4 Å². The Kier molecular flexibility index (Phi) is 5.74. The van der Waals surface area contributed by atoms with Gasteiger partial charge in [-0.05, 0) is 56.5 Å². The van der Waals surface area contributed by atoms with Crippen molar-refractivity contribution in [2.45, 2.75) is 37.6 Å². The molecule has 0 aliphatic carbocycles. The highest BCUT2D eigenvalue weighted by molar-refractivity contribution is 7.89. The van der Waals surface area contributed by atoms with Crippen LogP contribution in [0.1, 0.15) is 32.1 Å². The van der Waals surface area contributed by atoms with E-state index in [0.717, 1.165) is 23.4 Å². The Morgan fingerprint density at radius 3 is 2.83 bits per heavy atom. The van der Waals surface area contributed by atoms with Crippen LogP contribution in [-0.4, -0.2) is 47.5 Å². The van der Waals surface area contributed by atoms with Crippen LogP contribution in [0.4, 0.5) is 0 Å². The number of rotatable bonds is 6. The summed E-state index contributed by atoms with van der Waals surface area (Å²) < 4.78 is 35.4. The van der Waals surface area contributed by atoms with E-state index in [1.165, 1.54) is 17.5 Å². The van der Waals surface area contributed by atoms with Crippen molar-refractivity contribution in [3.8, 4) is 5.75 Å². The van der Waals surface area contributed by atoms with Gasteiger partial charge < -0.3 is 9.30 Å². The summed E-state index contributed by atoms with van der Waals surface area (Å²) >= 11 is 6.05. The number of sulfonamides is 1. The molecule has 1 unspecified atom stereocenters. The van der Waals surface area contributed by atoms with E-state index in [0.29, 0.717) is 30.3 Å². The molecule has 1 aliphatic rings. The Hall–Kier alpha value is -2.16. The molecule has 1 aliphatic heterocycles. The summed E-state index contributed by atoms with van der Waals surface area (Å²) in [6.45, 7) is 5.11. The largest absolute Gasteiger partial charge is 0.495 e. The maximum Gasteiger partial charge on any atom is 0.246 e. The lowest BCUT2D eigenvalue weighted by Gasteiger charge is -2.19. The van der Waals surface area contributed by atoms with Gasteiger partial charge in [0.2, 0.25) is 10.0 Å². The molecule has 1 saturated heterocycles. The minimum Gasteiger partial charge on any atom is -0.495 e. The zero-order valence-corrected chi connectivity index (χ0v) is 18.8. The second-order valence-corrected chi connectivity index (χ2v) is 10.2. The maximum absolute atomic E-state index is 13.2. The van der Waals surface area contributed by atoms with Gasteiger partial charge in [-0.25, -0.2) is 18.4 Å². The lowest BCUT2D eigenvalue weighted by molar-refractivity contribution is 0.397. The summed E-state index contributed by atoms with van der Waals surface area (Å²) in [7, 11) is -2.24. The number of aromatic nitrogens is 3. The van der Waals surface area contributed by atoms with Gasteiger partial charge in [0.15, 0.2) is 5.65 Å². The number of ether oxygens (including phenoxy) is 1. The summed E-state index contributed by atoms with van der Waals surface area (Å²) in [6, 6.07) is 8.72. The van der Waals surface area contributed by atoms with Crippen LogP contribution in [0, 0.1) is 5.92 Å². The first-order valence-corrected chi connectivity index (χ1v) is 11.8. The first-order chi connectivity index (χ1) is 14.3. The lowest BCUT2D eigenvalue weighted by atomic mass is 10.0. The monoisotopic (exact) mass is 448 g/mol. The number of benzene rings is 1. The molecule has 0 bridgehead atoms. The third kappa shape index (κ3) is 3.79. The van der Waals surface area contributed by atoms with E-state index in [-0.39, 0.29) is 16.9 Å². The van der Waals surface area contributed by atoms with Crippen LogP contribution in [0.15, 0.2) is 41.4 Å². The SMILES string of the molecule is COc1ccc(Cl)cc1S(=O)(=O)N1CCC(Cc2nc3cccnc3n2C(C)C)C1. The predicted octanol–water partition coefficient (Wildman–Crippen LogP) is 3.93. The van der Waals surface area contributed by atoms with E-state index in [9.17, 15) is 8.42 Å². The fraction of sp³-hybridized carbons (Fsp3) is 0.429. The maximum atomic E-state index is 13.2. The first-order valence-electron chi connectivity index (χ1n) is 9.96. The van der Waals surface area contributed by atoms with Crippen molar-refractivity contribution in [2.24, 2.45) is 5.92 Å². The third-order valence-corrected chi connectivity index (χ3v) is 7.62. The Morgan fingerprint density at radius 1 is 1.30 bits per heavy atom. The Morgan fingerprint density at radius 2 is 2.10 bits per heavy atom. The number of methoxy groups -OCH3 is 1. The lowest BCUT2D eigenvalue weighted by Crippen LogP contribution is -2.29. The number of imidazole rings is 1.